The maximum absolute atomic E-state index is 12.1. The summed E-state index contributed by atoms with van der Waals surface area (Å²) >= 11 is 0. The van der Waals surface area contributed by atoms with Crippen molar-refractivity contribution >= 4 is 23.2 Å². The van der Waals surface area contributed by atoms with E-state index in [9.17, 15) is 9.59 Å². The molecule has 0 radical (unpaired) electrons. The third-order valence-electron chi connectivity index (χ3n) is 4.16. The molecule has 0 aliphatic carbocycles. The van der Waals surface area contributed by atoms with Crippen molar-refractivity contribution in [1.82, 2.24) is 0 Å². The summed E-state index contributed by atoms with van der Waals surface area (Å²) in [6.45, 7) is 2.05. The molecule has 3 rings (SSSR count). The number of likely N-dealkylation sites (N-methyl/N-ethyl adjacent to an activating group) is 1. The summed E-state index contributed by atoms with van der Waals surface area (Å²) in [5.74, 6) is 0.0760. The molecule has 0 fully saturated rings. The van der Waals surface area contributed by atoms with Crippen molar-refractivity contribution in [2.75, 3.05) is 17.3 Å². The van der Waals surface area contributed by atoms with Crippen LogP contribution in [-0.2, 0) is 22.4 Å². The van der Waals surface area contributed by atoms with Crippen LogP contribution in [0, 0.1) is 6.92 Å². The van der Waals surface area contributed by atoms with Gasteiger partial charge in [0, 0.05) is 24.8 Å². The number of aryl methyl sites for hydroxylation is 2. The zero-order valence-electron chi connectivity index (χ0n) is 13.4. The minimum atomic E-state index is -0.0101. The largest absolute Gasteiger partial charge is 0.326 e. The van der Waals surface area contributed by atoms with E-state index < -0.39 is 0 Å². The van der Waals surface area contributed by atoms with Crippen molar-refractivity contribution in [3.63, 3.8) is 0 Å². The molecule has 4 nitrogen and oxygen atoms in total. The molecular weight excluding hydrogens is 288 g/mol. The lowest BCUT2D eigenvalue weighted by molar-refractivity contribution is -0.117. The van der Waals surface area contributed by atoms with Gasteiger partial charge >= 0.3 is 0 Å². The molecule has 118 valence electrons. The Morgan fingerprint density at radius 2 is 2.04 bits per heavy atom. The van der Waals surface area contributed by atoms with Gasteiger partial charge in [0.15, 0.2) is 0 Å². The molecule has 23 heavy (non-hydrogen) atoms. The van der Waals surface area contributed by atoms with Gasteiger partial charge in [-0.05, 0) is 42.7 Å². The number of nitrogens with zero attached hydrogens (tertiary/aromatic N) is 1. The molecule has 0 unspecified atom stereocenters. The number of rotatable bonds is 4. The van der Waals surface area contributed by atoms with Crippen molar-refractivity contribution in [2.45, 2.75) is 26.2 Å². The lowest BCUT2D eigenvalue weighted by atomic mass is 10.1. The molecule has 0 bridgehead atoms. The topological polar surface area (TPSA) is 49.4 Å². The third kappa shape index (κ3) is 3.42. The average Bonchev–Trinajstić information content (AvgIpc) is 2.80. The number of nitrogens with one attached hydrogen (secondary N) is 1. The Balaban J connectivity index is 1.60. The van der Waals surface area contributed by atoms with E-state index in [0.717, 1.165) is 23.4 Å². The fraction of sp³-hybridized carbons (Fsp3) is 0.263. The Morgan fingerprint density at radius 1 is 1.22 bits per heavy atom. The molecule has 4 heteroatoms. The molecule has 0 aromatic heterocycles. The highest BCUT2D eigenvalue weighted by Gasteiger charge is 2.23. The summed E-state index contributed by atoms with van der Waals surface area (Å²) in [5, 5.41) is 2.92. The Bertz CT molecular complexity index is 768. The van der Waals surface area contributed by atoms with Crippen LogP contribution in [0.25, 0.3) is 0 Å². The summed E-state index contributed by atoms with van der Waals surface area (Å²) in [7, 11) is 1.77. The molecule has 1 aliphatic rings. The van der Waals surface area contributed by atoms with Crippen LogP contribution in [-0.4, -0.2) is 18.9 Å². The molecule has 1 heterocycles. The molecule has 0 spiro atoms. The lowest BCUT2D eigenvalue weighted by Crippen LogP contribution is -2.20. The predicted molar refractivity (Wildman–Crippen MR) is 91.7 cm³/mol. The predicted octanol–water partition coefficient (Wildman–Crippen LogP) is 3.09. The van der Waals surface area contributed by atoms with Gasteiger partial charge in [-0.3, -0.25) is 9.59 Å². The maximum Gasteiger partial charge on any atom is 0.231 e. The van der Waals surface area contributed by atoms with Crippen LogP contribution < -0.4 is 10.2 Å². The highest BCUT2D eigenvalue weighted by atomic mass is 16.2. The van der Waals surface area contributed by atoms with E-state index in [0.29, 0.717) is 12.8 Å². The zero-order valence-corrected chi connectivity index (χ0v) is 13.4. The van der Waals surface area contributed by atoms with E-state index >= 15 is 0 Å². The smallest absolute Gasteiger partial charge is 0.231 e. The number of carbonyl (C=O) groups is 2. The van der Waals surface area contributed by atoms with Gasteiger partial charge in [0.05, 0.1) is 6.42 Å². The molecule has 0 atom stereocenters. The van der Waals surface area contributed by atoms with Gasteiger partial charge in [0.1, 0.15) is 0 Å². The van der Waals surface area contributed by atoms with Crippen LogP contribution in [0.2, 0.25) is 0 Å². The number of benzene rings is 2. The molecule has 1 aliphatic heterocycles. The summed E-state index contributed by atoms with van der Waals surface area (Å²) < 4.78 is 0. The first-order valence-electron chi connectivity index (χ1n) is 7.78. The van der Waals surface area contributed by atoms with Crippen LogP contribution >= 0.6 is 0 Å². The van der Waals surface area contributed by atoms with E-state index in [4.69, 9.17) is 0 Å². The normalized spacial score (nSPS) is 13.1. The van der Waals surface area contributed by atoms with Gasteiger partial charge in [-0.25, -0.2) is 0 Å². The minimum absolute atomic E-state index is 0.0101. The summed E-state index contributed by atoms with van der Waals surface area (Å²) in [6, 6.07) is 13.8. The van der Waals surface area contributed by atoms with Crippen molar-refractivity contribution in [1.29, 1.82) is 0 Å². The second-order valence-corrected chi connectivity index (χ2v) is 6.01. The third-order valence-corrected chi connectivity index (χ3v) is 4.16. The van der Waals surface area contributed by atoms with Crippen molar-refractivity contribution in [2.24, 2.45) is 0 Å². The lowest BCUT2D eigenvalue weighted by Gasteiger charge is -2.11. The number of anilines is 2. The Hall–Kier alpha value is -2.62. The Morgan fingerprint density at radius 3 is 2.83 bits per heavy atom. The van der Waals surface area contributed by atoms with E-state index in [1.165, 1.54) is 11.1 Å². The average molecular weight is 308 g/mol. The first kappa shape index (κ1) is 15.3. The fourth-order valence-corrected chi connectivity index (χ4v) is 2.90. The van der Waals surface area contributed by atoms with Crippen LogP contribution in [0.1, 0.15) is 23.1 Å². The van der Waals surface area contributed by atoms with Gasteiger partial charge in [0.2, 0.25) is 11.8 Å². The summed E-state index contributed by atoms with van der Waals surface area (Å²) in [4.78, 5) is 25.5. The summed E-state index contributed by atoms with van der Waals surface area (Å²) in [5.41, 5.74) is 5.01. The summed E-state index contributed by atoms with van der Waals surface area (Å²) in [6.07, 6.45) is 1.57. The second-order valence-electron chi connectivity index (χ2n) is 6.01. The van der Waals surface area contributed by atoms with Gasteiger partial charge in [-0.2, -0.15) is 0 Å². The van der Waals surface area contributed by atoms with Gasteiger partial charge < -0.3 is 10.2 Å². The van der Waals surface area contributed by atoms with Crippen molar-refractivity contribution < 1.29 is 9.59 Å². The SMILES string of the molecule is Cc1cccc(CCC(=O)Nc2ccc3c(c2)CC(=O)N3C)c1. The fourth-order valence-electron chi connectivity index (χ4n) is 2.90. The molecule has 0 saturated carbocycles. The minimum Gasteiger partial charge on any atom is -0.326 e. The second kappa shape index (κ2) is 6.24. The molecular formula is C19H20N2O2. The highest BCUT2D eigenvalue weighted by Crippen LogP contribution is 2.30. The number of carbonyl (C=O) groups excluding carboxylic acids is 2. The van der Waals surface area contributed by atoms with Gasteiger partial charge in [0.25, 0.3) is 0 Å². The van der Waals surface area contributed by atoms with E-state index in [2.05, 4.69) is 11.4 Å². The van der Waals surface area contributed by atoms with E-state index in [1.54, 1.807) is 11.9 Å². The first-order valence-corrected chi connectivity index (χ1v) is 7.78. The monoisotopic (exact) mass is 308 g/mol. The first-order chi connectivity index (χ1) is 11.0. The number of fused-ring (bicyclic) bond motifs is 1. The Labute approximate surface area is 136 Å². The van der Waals surface area contributed by atoms with Crippen LogP contribution in [0.4, 0.5) is 11.4 Å². The molecule has 1 N–H and O–H groups in total. The number of hydrogen-bond donors (Lipinski definition) is 1. The molecule has 2 aromatic rings. The van der Waals surface area contributed by atoms with Gasteiger partial charge in [-0.15, -0.1) is 0 Å². The number of amides is 2. The van der Waals surface area contributed by atoms with Crippen LogP contribution in [0.5, 0.6) is 0 Å². The standard InChI is InChI=1S/C19H20N2O2/c1-13-4-3-5-14(10-13)6-9-18(22)20-16-7-8-17-15(11-16)12-19(23)21(17)2/h3-5,7-8,10-11H,6,9,12H2,1-2H3,(H,20,22). The van der Waals surface area contributed by atoms with Gasteiger partial charge in [-0.1, -0.05) is 29.8 Å². The van der Waals surface area contributed by atoms with Crippen LogP contribution in [0.3, 0.4) is 0 Å². The van der Waals surface area contributed by atoms with Crippen molar-refractivity contribution in [3.05, 3.63) is 59.2 Å². The Kier molecular flexibility index (Phi) is 4.15. The highest BCUT2D eigenvalue weighted by molar-refractivity contribution is 6.02. The van der Waals surface area contributed by atoms with E-state index in [-0.39, 0.29) is 11.8 Å². The molecule has 0 saturated heterocycles. The van der Waals surface area contributed by atoms with Crippen molar-refractivity contribution in [3.8, 4) is 0 Å². The number of hydrogen-bond acceptors (Lipinski definition) is 2. The molecule has 2 aromatic carbocycles. The quantitative estimate of drug-likeness (QED) is 0.943. The molecule has 2 amide bonds. The van der Waals surface area contributed by atoms with Crippen LogP contribution in [0.15, 0.2) is 42.5 Å². The maximum atomic E-state index is 12.1. The zero-order chi connectivity index (χ0) is 16.4. The van der Waals surface area contributed by atoms with E-state index in [1.807, 2.05) is 43.3 Å².